The lowest BCUT2D eigenvalue weighted by molar-refractivity contribution is 0.0697. The molecule has 0 saturated carbocycles. The number of aromatic nitrogens is 1. The molecule has 0 bridgehead atoms. The van der Waals surface area contributed by atoms with E-state index in [-0.39, 0.29) is 23.8 Å². The van der Waals surface area contributed by atoms with Gasteiger partial charge in [-0.15, -0.1) is 0 Å². The maximum atomic E-state index is 11.7. The molecule has 2 N–H and O–H groups in total. The van der Waals surface area contributed by atoms with Gasteiger partial charge >= 0.3 is 5.97 Å². The van der Waals surface area contributed by atoms with Crippen molar-refractivity contribution in [3.63, 3.8) is 0 Å². The van der Waals surface area contributed by atoms with E-state index in [9.17, 15) is 9.90 Å². The smallest absolute Gasteiger partial charge is 0.336 e. The molecule has 1 aromatic carbocycles. The van der Waals surface area contributed by atoms with Crippen LogP contribution in [0.3, 0.4) is 0 Å². The third kappa shape index (κ3) is 3.87. The first-order valence-electron chi connectivity index (χ1n) is 10.6. The number of hydrogen-bond acceptors (Lipinski definition) is 5. The minimum absolute atomic E-state index is 0.113. The fraction of sp³-hybridized carbons (Fsp3) is 0.292. The van der Waals surface area contributed by atoms with Gasteiger partial charge < -0.3 is 24.5 Å². The highest BCUT2D eigenvalue weighted by atomic mass is 32.1. The van der Waals surface area contributed by atoms with Gasteiger partial charge in [0, 0.05) is 24.9 Å². The van der Waals surface area contributed by atoms with Crippen LogP contribution in [0.15, 0.2) is 65.2 Å². The fourth-order valence-corrected chi connectivity index (χ4v) is 4.77. The van der Waals surface area contributed by atoms with E-state index in [1.54, 1.807) is 30.5 Å². The first-order valence-corrected chi connectivity index (χ1v) is 11.0. The molecule has 3 atom stereocenters. The molecule has 2 aliphatic heterocycles. The van der Waals surface area contributed by atoms with E-state index in [0.717, 1.165) is 25.1 Å². The average molecular weight is 450 g/mol. The zero-order valence-corrected chi connectivity index (χ0v) is 18.1. The lowest BCUT2D eigenvalue weighted by atomic mass is 10.0. The van der Waals surface area contributed by atoms with Crippen molar-refractivity contribution < 1.29 is 19.1 Å². The van der Waals surface area contributed by atoms with Gasteiger partial charge in [-0.25, -0.2) is 4.79 Å². The van der Waals surface area contributed by atoms with Crippen molar-refractivity contribution in [1.29, 1.82) is 0 Å². The molecular weight excluding hydrogens is 426 g/mol. The van der Waals surface area contributed by atoms with E-state index >= 15 is 0 Å². The average Bonchev–Trinajstić information content (AvgIpc) is 3.56. The van der Waals surface area contributed by atoms with Crippen molar-refractivity contribution in [1.82, 2.24) is 15.2 Å². The molecule has 164 valence electrons. The second kappa shape index (κ2) is 8.72. The van der Waals surface area contributed by atoms with Gasteiger partial charge in [0.1, 0.15) is 17.6 Å². The summed E-state index contributed by atoms with van der Waals surface area (Å²) in [6.07, 6.45) is 3.91. The van der Waals surface area contributed by atoms with E-state index in [4.69, 9.17) is 21.4 Å². The summed E-state index contributed by atoms with van der Waals surface area (Å²) in [6, 6.07) is 15.9. The number of thiocarbonyl (C=S) groups is 1. The van der Waals surface area contributed by atoms with Crippen LogP contribution in [-0.4, -0.2) is 45.3 Å². The molecule has 5 rings (SSSR count). The number of benzene rings is 1. The number of furan rings is 1. The lowest BCUT2D eigenvalue weighted by Crippen LogP contribution is -2.36. The predicted octanol–water partition coefficient (Wildman–Crippen LogP) is 4.19. The minimum atomic E-state index is -0.992. The van der Waals surface area contributed by atoms with E-state index in [2.05, 4.69) is 15.2 Å². The number of hydrogen-bond donors (Lipinski definition) is 2. The Morgan fingerprint density at radius 2 is 2.03 bits per heavy atom. The maximum absolute atomic E-state index is 11.7. The molecule has 0 amide bonds. The van der Waals surface area contributed by atoms with Crippen LogP contribution < -0.4 is 5.32 Å². The standard InChI is InChI=1S/C24H23N3O4S/c28-23(29)17-8-2-1-7-16(17)19-10-11-20(31-19)22-21(18-9-3-4-12-25-18)26-24(32)27(22)14-15-6-5-13-30-15/h1-4,7-12,15,21-22H,5-6,13-14H2,(H,26,32)(H,28,29). The number of nitrogens with zero attached hydrogens (tertiary/aromatic N) is 2. The highest BCUT2D eigenvalue weighted by Crippen LogP contribution is 2.41. The summed E-state index contributed by atoms with van der Waals surface area (Å²) in [6.45, 7) is 1.42. The Hall–Kier alpha value is -3.23. The highest BCUT2D eigenvalue weighted by molar-refractivity contribution is 7.80. The van der Waals surface area contributed by atoms with Crippen molar-refractivity contribution in [2.24, 2.45) is 0 Å². The molecule has 2 aliphatic rings. The van der Waals surface area contributed by atoms with Crippen molar-refractivity contribution in [3.8, 4) is 11.3 Å². The SMILES string of the molecule is O=C(O)c1ccccc1-c1ccc(C2C(c3ccccn3)NC(=S)N2CC2CCCO2)o1. The van der Waals surface area contributed by atoms with Crippen molar-refractivity contribution in [2.75, 3.05) is 13.2 Å². The van der Waals surface area contributed by atoms with Crippen LogP contribution in [0, 0.1) is 0 Å². The quantitative estimate of drug-likeness (QED) is 0.542. The number of carboxylic acids is 1. The van der Waals surface area contributed by atoms with Crippen LogP contribution in [-0.2, 0) is 4.74 Å². The van der Waals surface area contributed by atoms with Crippen LogP contribution >= 0.6 is 12.2 Å². The zero-order chi connectivity index (χ0) is 22.1. The van der Waals surface area contributed by atoms with E-state index in [0.29, 0.717) is 28.7 Å². The predicted molar refractivity (Wildman–Crippen MR) is 122 cm³/mol. The Morgan fingerprint density at radius 1 is 1.19 bits per heavy atom. The number of pyridine rings is 1. The van der Waals surface area contributed by atoms with Gasteiger partial charge in [-0.1, -0.05) is 24.3 Å². The van der Waals surface area contributed by atoms with Crippen molar-refractivity contribution in [3.05, 3.63) is 77.8 Å². The number of ether oxygens (including phenoxy) is 1. The Kier molecular flexibility index (Phi) is 5.63. The Morgan fingerprint density at radius 3 is 2.78 bits per heavy atom. The Labute approximate surface area is 191 Å². The maximum Gasteiger partial charge on any atom is 0.336 e. The normalized spacial score (nSPS) is 22.8. The van der Waals surface area contributed by atoms with Gasteiger partial charge in [0.05, 0.1) is 23.4 Å². The molecule has 4 heterocycles. The molecule has 32 heavy (non-hydrogen) atoms. The van der Waals surface area contributed by atoms with E-state index < -0.39 is 5.97 Å². The molecule has 0 aliphatic carbocycles. The Bertz CT molecular complexity index is 1130. The van der Waals surface area contributed by atoms with E-state index in [1.165, 1.54) is 0 Å². The largest absolute Gasteiger partial charge is 0.478 e. The van der Waals surface area contributed by atoms with Crippen molar-refractivity contribution >= 4 is 23.3 Å². The number of nitrogens with one attached hydrogen (secondary N) is 1. The third-order valence-electron chi connectivity index (χ3n) is 5.96. The first kappa shape index (κ1) is 20.7. The van der Waals surface area contributed by atoms with Crippen LogP contribution in [0.2, 0.25) is 0 Å². The van der Waals surface area contributed by atoms with Gasteiger partial charge in [0.15, 0.2) is 5.11 Å². The summed E-state index contributed by atoms with van der Waals surface area (Å²) in [5, 5.41) is 13.6. The van der Waals surface area contributed by atoms with Crippen LogP contribution in [0.25, 0.3) is 11.3 Å². The van der Waals surface area contributed by atoms with Crippen LogP contribution in [0.4, 0.5) is 0 Å². The summed E-state index contributed by atoms with van der Waals surface area (Å²) < 4.78 is 12.1. The van der Waals surface area contributed by atoms with Crippen LogP contribution in [0.1, 0.15) is 46.7 Å². The molecule has 2 fully saturated rings. The number of aromatic carboxylic acids is 1. The molecule has 0 radical (unpaired) electrons. The molecule has 2 saturated heterocycles. The first-order chi connectivity index (χ1) is 15.6. The topological polar surface area (TPSA) is 87.8 Å². The number of carboxylic acid groups (broad SMARTS) is 1. The minimum Gasteiger partial charge on any atom is -0.478 e. The van der Waals surface area contributed by atoms with Gasteiger partial charge in [-0.2, -0.15) is 0 Å². The summed E-state index contributed by atoms with van der Waals surface area (Å²) in [5.41, 5.74) is 1.60. The molecular formula is C24H23N3O4S. The summed E-state index contributed by atoms with van der Waals surface area (Å²) >= 11 is 5.70. The number of rotatable bonds is 6. The molecule has 3 unspecified atom stereocenters. The monoisotopic (exact) mass is 449 g/mol. The fourth-order valence-electron chi connectivity index (χ4n) is 4.46. The zero-order valence-electron chi connectivity index (χ0n) is 17.3. The van der Waals surface area contributed by atoms with Gasteiger partial charge in [-0.3, -0.25) is 4.98 Å². The van der Waals surface area contributed by atoms with Crippen LogP contribution in [0.5, 0.6) is 0 Å². The van der Waals surface area contributed by atoms with Gasteiger partial charge in [0.2, 0.25) is 0 Å². The third-order valence-corrected chi connectivity index (χ3v) is 6.32. The molecule has 3 aromatic rings. The second-order valence-electron chi connectivity index (χ2n) is 7.97. The number of carbonyl (C=O) groups is 1. The molecule has 7 nitrogen and oxygen atoms in total. The molecule has 0 spiro atoms. The summed E-state index contributed by atoms with van der Waals surface area (Å²) in [7, 11) is 0. The molecule has 2 aromatic heterocycles. The summed E-state index contributed by atoms with van der Waals surface area (Å²) in [5.74, 6) is 0.211. The van der Waals surface area contributed by atoms with E-state index in [1.807, 2.05) is 30.3 Å². The van der Waals surface area contributed by atoms with Gasteiger partial charge in [0.25, 0.3) is 0 Å². The Balaban J connectivity index is 1.53. The second-order valence-corrected chi connectivity index (χ2v) is 8.35. The van der Waals surface area contributed by atoms with Gasteiger partial charge in [-0.05, 0) is 55.4 Å². The molecule has 8 heteroatoms. The lowest BCUT2D eigenvalue weighted by Gasteiger charge is -2.28. The summed E-state index contributed by atoms with van der Waals surface area (Å²) in [4.78, 5) is 18.3. The highest BCUT2D eigenvalue weighted by Gasteiger charge is 2.43. The van der Waals surface area contributed by atoms with Crippen molar-refractivity contribution in [2.45, 2.75) is 31.0 Å².